The van der Waals surface area contributed by atoms with Gasteiger partial charge in [0, 0.05) is 11.9 Å². The van der Waals surface area contributed by atoms with Crippen molar-refractivity contribution in [1.82, 2.24) is 9.97 Å². The first-order chi connectivity index (χ1) is 9.91. The van der Waals surface area contributed by atoms with Crippen LogP contribution in [0.4, 0.5) is 18.9 Å². The van der Waals surface area contributed by atoms with E-state index in [0.29, 0.717) is 16.8 Å². The average Bonchev–Trinajstić information content (AvgIpc) is 2.79. The number of hydrogen-bond donors (Lipinski definition) is 1. The van der Waals surface area contributed by atoms with E-state index in [0.717, 1.165) is 30.1 Å². The number of pyridine rings is 1. The first-order valence-corrected chi connectivity index (χ1v) is 6.61. The van der Waals surface area contributed by atoms with Crippen LogP contribution in [0, 0.1) is 0 Å². The minimum absolute atomic E-state index is 0.157. The highest BCUT2D eigenvalue weighted by atomic mass is 32.2. The molecule has 0 atom stereocenters. The molecule has 0 bridgehead atoms. The van der Waals surface area contributed by atoms with Crippen LogP contribution in [0.5, 0.6) is 0 Å². The fourth-order valence-electron chi connectivity index (χ4n) is 1.70. The minimum Gasteiger partial charge on any atom is -0.431 e. The van der Waals surface area contributed by atoms with E-state index in [1.54, 1.807) is 18.2 Å². The van der Waals surface area contributed by atoms with Gasteiger partial charge in [0.25, 0.3) is 5.22 Å². The third-order valence-electron chi connectivity index (χ3n) is 2.65. The van der Waals surface area contributed by atoms with Gasteiger partial charge in [0.05, 0.1) is 5.56 Å². The Morgan fingerprint density at radius 1 is 1.14 bits per heavy atom. The van der Waals surface area contributed by atoms with Gasteiger partial charge in [-0.1, -0.05) is 0 Å². The van der Waals surface area contributed by atoms with E-state index in [1.807, 2.05) is 0 Å². The van der Waals surface area contributed by atoms with Crippen molar-refractivity contribution < 1.29 is 17.6 Å². The van der Waals surface area contributed by atoms with Crippen LogP contribution >= 0.6 is 11.8 Å². The Kier molecular flexibility index (Phi) is 3.25. The van der Waals surface area contributed by atoms with Gasteiger partial charge in [-0.15, -0.1) is 0 Å². The smallest absolute Gasteiger partial charge is 0.416 e. The van der Waals surface area contributed by atoms with Gasteiger partial charge in [0.2, 0.25) is 0 Å². The number of nitrogens with two attached hydrogens (primary N) is 1. The zero-order chi connectivity index (χ0) is 15.0. The number of benzene rings is 1. The number of rotatable bonds is 2. The van der Waals surface area contributed by atoms with Crippen molar-refractivity contribution in [2.45, 2.75) is 16.4 Å². The molecule has 108 valence electrons. The van der Waals surface area contributed by atoms with Gasteiger partial charge >= 0.3 is 6.18 Å². The van der Waals surface area contributed by atoms with E-state index < -0.39 is 11.7 Å². The van der Waals surface area contributed by atoms with Crippen LogP contribution in [0.15, 0.2) is 51.2 Å². The SMILES string of the molecule is Nc1ccc2oc(Sc3cc(C(F)(F)F)ccn3)nc2c1. The van der Waals surface area contributed by atoms with Crippen molar-refractivity contribution >= 4 is 28.5 Å². The number of hydrogen-bond acceptors (Lipinski definition) is 5. The average molecular weight is 311 g/mol. The molecule has 8 heteroatoms. The van der Waals surface area contributed by atoms with E-state index in [9.17, 15) is 13.2 Å². The summed E-state index contributed by atoms with van der Waals surface area (Å²) in [5.74, 6) is 0. The Labute approximate surface area is 121 Å². The van der Waals surface area contributed by atoms with Crippen LogP contribution in [-0.2, 0) is 6.18 Å². The molecule has 0 spiro atoms. The number of alkyl halides is 3. The fourth-order valence-corrected chi connectivity index (χ4v) is 2.45. The number of halogens is 3. The highest BCUT2D eigenvalue weighted by Gasteiger charge is 2.30. The molecule has 3 rings (SSSR count). The molecule has 0 saturated carbocycles. The van der Waals surface area contributed by atoms with Crippen LogP contribution in [0.3, 0.4) is 0 Å². The predicted molar refractivity (Wildman–Crippen MR) is 71.8 cm³/mol. The summed E-state index contributed by atoms with van der Waals surface area (Å²) in [5.41, 5.74) is 6.45. The Morgan fingerprint density at radius 2 is 1.95 bits per heavy atom. The molecule has 1 aromatic carbocycles. The van der Waals surface area contributed by atoms with Crippen molar-refractivity contribution in [3.63, 3.8) is 0 Å². The maximum absolute atomic E-state index is 12.6. The molecular weight excluding hydrogens is 303 g/mol. The molecule has 21 heavy (non-hydrogen) atoms. The normalized spacial score (nSPS) is 12.0. The zero-order valence-electron chi connectivity index (χ0n) is 10.4. The Hall–Kier alpha value is -2.22. The second kappa shape index (κ2) is 4.96. The number of aromatic nitrogens is 2. The molecule has 2 N–H and O–H groups in total. The van der Waals surface area contributed by atoms with E-state index in [4.69, 9.17) is 10.2 Å². The van der Waals surface area contributed by atoms with Gasteiger partial charge in [-0.3, -0.25) is 0 Å². The van der Waals surface area contributed by atoms with E-state index >= 15 is 0 Å². The molecule has 0 fully saturated rings. The maximum Gasteiger partial charge on any atom is 0.416 e. The second-order valence-corrected chi connectivity index (χ2v) is 5.16. The number of oxazole rings is 1. The fraction of sp³-hybridized carbons (Fsp3) is 0.0769. The quantitative estimate of drug-likeness (QED) is 0.725. The maximum atomic E-state index is 12.6. The number of nitrogens with zero attached hydrogens (tertiary/aromatic N) is 2. The molecule has 3 aromatic rings. The lowest BCUT2D eigenvalue weighted by atomic mass is 10.3. The van der Waals surface area contributed by atoms with Crippen LogP contribution in [0.25, 0.3) is 11.1 Å². The van der Waals surface area contributed by atoms with Crippen LogP contribution < -0.4 is 5.73 Å². The third kappa shape index (κ3) is 2.94. The molecule has 0 radical (unpaired) electrons. The molecule has 0 aliphatic rings. The van der Waals surface area contributed by atoms with Gasteiger partial charge in [0.15, 0.2) is 5.58 Å². The van der Waals surface area contributed by atoms with Gasteiger partial charge < -0.3 is 10.2 Å². The van der Waals surface area contributed by atoms with Crippen molar-refractivity contribution in [3.8, 4) is 0 Å². The molecule has 2 heterocycles. The Balaban J connectivity index is 1.91. The van der Waals surface area contributed by atoms with Gasteiger partial charge in [0.1, 0.15) is 10.5 Å². The van der Waals surface area contributed by atoms with Crippen molar-refractivity contribution in [2.75, 3.05) is 5.73 Å². The number of anilines is 1. The summed E-state index contributed by atoms with van der Waals surface area (Å²) in [6.07, 6.45) is -3.31. The van der Waals surface area contributed by atoms with Gasteiger partial charge in [-0.05, 0) is 42.1 Å². The van der Waals surface area contributed by atoms with Crippen molar-refractivity contribution in [2.24, 2.45) is 0 Å². The molecule has 0 saturated heterocycles. The molecule has 0 unspecified atom stereocenters. The monoisotopic (exact) mass is 311 g/mol. The summed E-state index contributed by atoms with van der Waals surface area (Å²) in [7, 11) is 0. The summed E-state index contributed by atoms with van der Waals surface area (Å²) in [5, 5.41) is 0.367. The molecule has 0 aliphatic heterocycles. The summed E-state index contributed by atoms with van der Waals surface area (Å²) in [4.78, 5) is 8.03. The predicted octanol–water partition coefficient (Wildman–Crippen LogP) is 3.98. The van der Waals surface area contributed by atoms with Gasteiger partial charge in [-0.25, -0.2) is 9.97 Å². The first-order valence-electron chi connectivity index (χ1n) is 5.79. The number of nitrogen functional groups attached to an aromatic ring is 1. The summed E-state index contributed by atoms with van der Waals surface area (Å²) < 4.78 is 43.3. The Bertz CT molecular complexity index is 801. The lowest BCUT2D eigenvalue weighted by molar-refractivity contribution is -0.137. The molecular formula is C13H8F3N3OS. The summed E-state index contributed by atoms with van der Waals surface area (Å²) >= 11 is 0.920. The van der Waals surface area contributed by atoms with E-state index in [-0.39, 0.29) is 10.2 Å². The van der Waals surface area contributed by atoms with Crippen LogP contribution in [0.1, 0.15) is 5.56 Å². The zero-order valence-corrected chi connectivity index (χ0v) is 11.2. The largest absolute Gasteiger partial charge is 0.431 e. The highest BCUT2D eigenvalue weighted by Crippen LogP contribution is 2.34. The van der Waals surface area contributed by atoms with Crippen molar-refractivity contribution in [3.05, 3.63) is 42.1 Å². The second-order valence-electron chi connectivity index (χ2n) is 4.19. The third-order valence-corrected chi connectivity index (χ3v) is 3.43. The number of fused-ring (bicyclic) bond motifs is 1. The van der Waals surface area contributed by atoms with Crippen molar-refractivity contribution in [1.29, 1.82) is 0 Å². The summed E-state index contributed by atoms with van der Waals surface area (Å²) in [6, 6.07) is 6.80. The molecule has 2 aromatic heterocycles. The molecule has 4 nitrogen and oxygen atoms in total. The minimum atomic E-state index is -4.41. The Morgan fingerprint density at radius 3 is 2.71 bits per heavy atom. The molecule has 0 amide bonds. The van der Waals surface area contributed by atoms with Crippen LogP contribution in [-0.4, -0.2) is 9.97 Å². The lowest BCUT2D eigenvalue weighted by Crippen LogP contribution is -2.04. The topological polar surface area (TPSA) is 64.9 Å². The van der Waals surface area contributed by atoms with Crippen LogP contribution in [0.2, 0.25) is 0 Å². The van der Waals surface area contributed by atoms with E-state index in [1.165, 1.54) is 0 Å². The lowest BCUT2D eigenvalue weighted by Gasteiger charge is -2.06. The first kappa shape index (κ1) is 13.7. The highest BCUT2D eigenvalue weighted by molar-refractivity contribution is 7.99. The van der Waals surface area contributed by atoms with Gasteiger partial charge in [-0.2, -0.15) is 13.2 Å². The van der Waals surface area contributed by atoms with E-state index in [2.05, 4.69) is 9.97 Å². The summed E-state index contributed by atoms with van der Waals surface area (Å²) in [6.45, 7) is 0. The molecule has 0 aliphatic carbocycles. The standard InChI is InChI=1S/C13H8F3N3OS/c14-13(15,16)7-3-4-18-11(5-7)21-12-19-9-6-8(17)1-2-10(9)20-12/h1-6H,17H2.